The Morgan fingerprint density at radius 3 is 2.72 bits per heavy atom. The summed E-state index contributed by atoms with van der Waals surface area (Å²) in [5.74, 6) is 1.61. The molecule has 0 aliphatic heterocycles. The number of benzene rings is 2. The van der Waals surface area contributed by atoms with Crippen LogP contribution in [-0.2, 0) is 18.4 Å². The van der Waals surface area contributed by atoms with E-state index in [0.29, 0.717) is 16.0 Å². The standard InChI is InChI=1S/C21H23ClN4O2S/c1-14-11-17(9-10-18(14)22)28-12-19-24-25-21(26(19)3)29-13-20(27)23-15(2)16-7-5-4-6-8-16/h4-11,15H,12-13H2,1-3H3,(H,23,27). The van der Waals surface area contributed by atoms with Crippen molar-refractivity contribution >= 4 is 29.3 Å². The number of ether oxygens (including phenoxy) is 1. The van der Waals surface area contributed by atoms with E-state index in [2.05, 4.69) is 15.5 Å². The predicted octanol–water partition coefficient (Wildman–Crippen LogP) is 4.33. The molecule has 6 nitrogen and oxygen atoms in total. The molecule has 1 atom stereocenters. The van der Waals surface area contributed by atoms with Gasteiger partial charge in [-0.15, -0.1) is 10.2 Å². The maximum absolute atomic E-state index is 12.3. The molecule has 1 N–H and O–H groups in total. The van der Waals surface area contributed by atoms with Crippen molar-refractivity contribution in [2.75, 3.05) is 5.75 Å². The van der Waals surface area contributed by atoms with Gasteiger partial charge in [-0.2, -0.15) is 0 Å². The van der Waals surface area contributed by atoms with Crippen LogP contribution in [-0.4, -0.2) is 26.4 Å². The van der Waals surface area contributed by atoms with Crippen LogP contribution in [0.3, 0.4) is 0 Å². The molecule has 1 amide bonds. The Kier molecular flexibility index (Phi) is 7.17. The maximum Gasteiger partial charge on any atom is 0.230 e. The molecule has 0 aliphatic carbocycles. The molecule has 3 rings (SSSR count). The fourth-order valence-corrected chi connectivity index (χ4v) is 3.55. The summed E-state index contributed by atoms with van der Waals surface area (Å²) >= 11 is 7.38. The van der Waals surface area contributed by atoms with Crippen LogP contribution < -0.4 is 10.1 Å². The van der Waals surface area contributed by atoms with E-state index in [1.54, 1.807) is 6.07 Å². The van der Waals surface area contributed by atoms with Gasteiger partial charge in [0.15, 0.2) is 11.0 Å². The maximum atomic E-state index is 12.3. The number of amides is 1. The Hall–Kier alpha value is -2.51. The van der Waals surface area contributed by atoms with Gasteiger partial charge in [-0.25, -0.2) is 0 Å². The summed E-state index contributed by atoms with van der Waals surface area (Å²) in [6.07, 6.45) is 0. The van der Waals surface area contributed by atoms with Crippen LogP contribution in [0, 0.1) is 6.92 Å². The molecule has 29 heavy (non-hydrogen) atoms. The van der Waals surface area contributed by atoms with Gasteiger partial charge in [-0.05, 0) is 43.2 Å². The SMILES string of the molecule is Cc1cc(OCc2nnc(SCC(=O)NC(C)c3ccccc3)n2C)ccc1Cl. The number of halogens is 1. The van der Waals surface area contributed by atoms with E-state index in [9.17, 15) is 4.79 Å². The second-order valence-corrected chi connectivity index (χ2v) is 8.00. The molecule has 0 spiro atoms. The van der Waals surface area contributed by atoms with E-state index in [1.165, 1.54) is 11.8 Å². The molecule has 1 aromatic heterocycles. The summed E-state index contributed by atoms with van der Waals surface area (Å²) in [6, 6.07) is 15.3. The Morgan fingerprint density at radius 1 is 1.24 bits per heavy atom. The third-order valence-corrected chi connectivity index (χ3v) is 5.88. The minimum absolute atomic E-state index is 0.0458. The first-order valence-corrected chi connectivity index (χ1v) is 10.5. The quantitative estimate of drug-likeness (QED) is 0.539. The monoisotopic (exact) mass is 430 g/mol. The highest BCUT2D eigenvalue weighted by molar-refractivity contribution is 7.99. The van der Waals surface area contributed by atoms with Crippen molar-refractivity contribution in [3.05, 3.63) is 70.5 Å². The summed E-state index contributed by atoms with van der Waals surface area (Å²) in [6.45, 7) is 4.17. The smallest absolute Gasteiger partial charge is 0.230 e. The number of thioether (sulfide) groups is 1. The minimum Gasteiger partial charge on any atom is -0.486 e. The molecule has 2 aromatic carbocycles. The highest BCUT2D eigenvalue weighted by Crippen LogP contribution is 2.22. The molecule has 0 saturated heterocycles. The van der Waals surface area contributed by atoms with Crippen LogP contribution in [0.2, 0.25) is 5.02 Å². The zero-order chi connectivity index (χ0) is 20.8. The van der Waals surface area contributed by atoms with Gasteiger partial charge in [0.2, 0.25) is 5.91 Å². The first-order valence-electron chi connectivity index (χ1n) is 9.18. The van der Waals surface area contributed by atoms with Gasteiger partial charge in [0.25, 0.3) is 0 Å². The van der Waals surface area contributed by atoms with Crippen LogP contribution in [0.1, 0.15) is 29.9 Å². The van der Waals surface area contributed by atoms with Gasteiger partial charge < -0.3 is 14.6 Å². The first-order chi connectivity index (χ1) is 13.9. The van der Waals surface area contributed by atoms with Crippen LogP contribution in [0.25, 0.3) is 0 Å². The largest absolute Gasteiger partial charge is 0.486 e. The van der Waals surface area contributed by atoms with Crippen molar-refractivity contribution in [1.29, 1.82) is 0 Å². The van der Waals surface area contributed by atoms with Crippen molar-refractivity contribution < 1.29 is 9.53 Å². The first kappa shape index (κ1) is 21.2. The number of carbonyl (C=O) groups is 1. The summed E-state index contributed by atoms with van der Waals surface area (Å²) in [5, 5.41) is 12.7. The lowest BCUT2D eigenvalue weighted by atomic mass is 10.1. The van der Waals surface area contributed by atoms with E-state index in [0.717, 1.165) is 16.9 Å². The second kappa shape index (κ2) is 9.80. The van der Waals surface area contributed by atoms with Gasteiger partial charge in [-0.3, -0.25) is 4.79 Å². The third kappa shape index (κ3) is 5.74. The zero-order valence-corrected chi connectivity index (χ0v) is 18.1. The number of hydrogen-bond acceptors (Lipinski definition) is 5. The fourth-order valence-electron chi connectivity index (χ4n) is 2.69. The number of carbonyl (C=O) groups excluding carboxylic acids is 1. The van der Waals surface area contributed by atoms with E-state index in [1.807, 2.05) is 67.9 Å². The lowest BCUT2D eigenvalue weighted by molar-refractivity contribution is -0.119. The Bertz CT molecular complexity index is 978. The number of aryl methyl sites for hydroxylation is 1. The van der Waals surface area contributed by atoms with Gasteiger partial charge in [-0.1, -0.05) is 53.7 Å². The number of aromatic nitrogens is 3. The minimum atomic E-state index is -0.0520. The van der Waals surface area contributed by atoms with Gasteiger partial charge in [0, 0.05) is 12.1 Å². The molecule has 0 radical (unpaired) electrons. The summed E-state index contributed by atoms with van der Waals surface area (Å²) in [4.78, 5) is 12.3. The van der Waals surface area contributed by atoms with Crippen LogP contribution in [0.4, 0.5) is 0 Å². The van der Waals surface area contributed by atoms with Crippen LogP contribution in [0.5, 0.6) is 5.75 Å². The van der Waals surface area contributed by atoms with Crippen LogP contribution >= 0.6 is 23.4 Å². The van der Waals surface area contributed by atoms with Gasteiger partial charge >= 0.3 is 0 Å². The topological polar surface area (TPSA) is 69.0 Å². The molecule has 0 saturated carbocycles. The Morgan fingerprint density at radius 2 is 2.00 bits per heavy atom. The number of nitrogens with zero attached hydrogens (tertiary/aromatic N) is 3. The number of rotatable bonds is 8. The van der Waals surface area contributed by atoms with Gasteiger partial charge in [0.1, 0.15) is 12.4 Å². The molecular weight excluding hydrogens is 408 g/mol. The van der Waals surface area contributed by atoms with E-state index < -0.39 is 0 Å². The van der Waals surface area contributed by atoms with E-state index in [-0.39, 0.29) is 24.3 Å². The Balaban J connectivity index is 1.51. The molecule has 8 heteroatoms. The summed E-state index contributed by atoms with van der Waals surface area (Å²) in [5.41, 5.74) is 2.02. The van der Waals surface area contributed by atoms with E-state index >= 15 is 0 Å². The van der Waals surface area contributed by atoms with E-state index in [4.69, 9.17) is 16.3 Å². The molecule has 1 unspecified atom stereocenters. The summed E-state index contributed by atoms with van der Waals surface area (Å²) < 4.78 is 7.61. The lowest BCUT2D eigenvalue weighted by Gasteiger charge is -2.14. The number of hydrogen-bond donors (Lipinski definition) is 1. The molecule has 3 aromatic rings. The summed E-state index contributed by atoms with van der Waals surface area (Å²) in [7, 11) is 1.86. The highest BCUT2D eigenvalue weighted by atomic mass is 35.5. The number of nitrogens with one attached hydrogen (secondary N) is 1. The predicted molar refractivity (Wildman–Crippen MR) is 115 cm³/mol. The van der Waals surface area contributed by atoms with Crippen molar-refractivity contribution in [3.63, 3.8) is 0 Å². The van der Waals surface area contributed by atoms with Crippen LogP contribution in [0.15, 0.2) is 53.7 Å². The molecule has 152 valence electrons. The third-order valence-electron chi connectivity index (χ3n) is 4.43. The average Bonchev–Trinajstić information content (AvgIpc) is 3.07. The zero-order valence-electron chi connectivity index (χ0n) is 16.6. The highest BCUT2D eigenvalue weighted by Gasteiger charge is 2.14. The molecule has 0 bridgehead atoms. The van der Waals surface area contributed by atoms with Gasteiger partial charge in [0.05, 0.1) is 11.8 Å². The normalized spacial score (nSPS) is 11.9. The van der Waals surface area contributed by atoms with Crippen molar-refractivity contribution in [1.82, 2.24) is 20.1 Å². The molecule has 0 aliphatic rings. The average molecular weight is 431 g/mol. The molecule has 0 fully saturated rings. The fraction of sp³-hybridized carbons (Fsp3) is 0.286. The molecular formula is C21H23ClN4O2S. The van der Waals surface area contributed by atoms with Crippen molar-refractivity contribution in [2.24, 2.45) is 7.05 Å². The Labute approximate surface area is 179 Å². The van der Waals surface area contributed by atoms with Crippen molar-refractivity contribution in [2.45, 2.75) is 31.7 Å². The molecule has 1 heterocycles. The lowest BCUT2D eigenvalue weighted by Crippen LogP contribution is -2.28. The van der Waals surface area contributed by atoms with Crippen molar-refractivity contribution in [3.8, 4) is 5.75 Å². The second-order valence-electron chi connectivity index (χ2n) is 6.65.